The summed E-state index contributed by atoms with van der Waals surface area (Å²) in [5, 5.41) is 11.5. The summed E-state index contributed by atoms with van der Waals surface area (Å²) in [6.45, 7) is 7.28. The first-order valence-electron chi connectivity index (χ1n) is 6.33. The van der Waals surface area contributed by atoms with Crippen molar-refractivity contribution >= 4 is 11.9 Å². The minimum atomic E-state index is -0.982. The lowest BCUT2D eigenvalue weighted by molar-refractivity contribution is -0.143. The summed E-state index contributed by atoms with van der Waals surface area (Å²) in [5.41, 5.74) is 0. The Labute approximate surface area is 107 Å². The van der Waals surface area contributed by atoms with Gasteiger partial charge in [0.05, 0.1) is 13.2 Å². The Hall–Kier alpha value is -1.14. The number of nitrogens with zero attached hydrogens (tertiary/aromatic N) is 1. The lowest BCUT2D eigenvalue weighted by Crippen LogP contribution is -2.45. The van der Waals surface area contributed by atoms with Crippen LogP contribution in [0.3, 0.4) is 0 Å². The molecule has 104 valence electrons. The first-order chi connectivity index (χ1) is 8.50. The summed E-state index contributed by atoms with van der Waals surface area (Å²) in [5.74, 6) is -1.30. The molecule has 0 saturated carbocycles. The van der Waals surface area contributed by atoms with Crippen molar-refractivity contribution in [2.24, 2.45) is 5.92 Å². The van der Waals surface area contributed by atoms with Crippen LogP contribution in [0.2, 0.25) is 0 Å². The van der Waals surface area contributed by atoms with Crippen LogP contribution < -0.4 is 5.32 Å². The zero-order valence-corrected chi connectivity index (χ0v) is 11.0. The maximum Gasteiger partial charge on any atom is 0.326 e. The second-order valence-corrected chi connectivity index (χ2v) is 4.83. The molecule has 0 aromatic carbocycles. The van der Waals surface area contributed by atoms with Gasteiger partial charge in [0.15, 0.2) is 0 Å². The molecular formula is C12H22N2O4. The molecule has 6 nitrogen and oxygen atoms in total. The topological polar surface area (TPSA) is 78.9 Å². The van der Waals surface area contributed by atoms with Crippen molar-refractivity contribution in [2.75, 3.05) is 32.8 Å². The summed E-state index contributed by atoms with van der Waals surface area (Å²) < 4.78 is 5.21. The van der Waals surface area contributed by atoms with E-state index in [9.17, 15) is 9.59 Å². The maximum absolute atomic E-state index is 11.7. The fourth-order valence-electron chi connectivity index (χ4n) is 1.84. The number of hydrogen-bond acceptors (Lipinski definition) is 4. The van der Waals surface area contributed by atoms with Crippen LogP contribution in [0.4, 0.5) is 0 Å². The zero-order chi connectivity index (χ0) is 13.5. The minimum absolute atomic E-state index is 0.116. The van der Waals surface area contributed by atoms with Gasteiger partial charge in [-0.2, -0.15) is 0 Å². The maximum atomic E-state index is 11.7. The van der Waals surface area contributed by atoms with Gasteiger partial charge in [0.25, 0.3) is 0 Å². The van der Waals surface area contributed by atoms with E-state index >= 15 is 0 Å². The summed E-state index contributed by atoms with van der Waals surface area (Å²) >= 11 is 0. The third-order valence-corrected chi connectivity index (χ3v) is 3.01. The average Bonchev–Trinajstić information content (AvgIpc) is 2.34. The molecule has 1 fully saturated rings. The molecule has 1 aliphatic rings. The van der Waals surface area contributed by atoms with E-state index in [0.29, 0.717) is 26.2 Å². The second-order valence-electron chi connectivity index (χ2n) is 4.83. The number of carbonyl (C=O) groups excluding carboxylic acids is 1. The summed E-state index contributed by atoms with van der Waals surface area (Å²) in [6, 6.07) is -0.804. The lowest BCUT2D eigenvalue weighted by Gasteiger charge is -2.26. The van der Waals surface area contributed by atoms with E-state index in [0.717, 1.165) is 13.1 Å². The smallest absolute Gasteiger partial charge is 0.326 e. The Kier molecular flexibility index (Phi) is 6.07. The van der Waals surface area contributed by atoms with Crippen molar-refractivity contribution in [1.82, 2.24) is 10.2 Å². The van der Waals surface area contributed by atoms with Crippen molar-refractivity contribution in [3.63, 3.8) is 0 Å². The third-order valence-electron chi connectivity index (χ3n) is 3.01. The largest absolute Gasteiger partial charge is 0.480 e. The van der Waals surface area contributed by atoms with Crippen LogP contribution in [0.5, 0.6) is 0 Å². The molecule has 1 saturated heterocycles. The van der Waals surface area contributed by atoms with Gasteiger partial charge in [-0.05, 0) is 5.92 Å². The van der Waals surface area contributed by atoms with Crippen molar-refractivity contribution in [1.29, 1.82) is 0 Å². The molecule has 6 heteroatoms. The van der Waals surface area contributed by atoms with Gasteiger partial charge in [0, 0.05) is 26.1 Å². The van der Waals surface area contributed by atoms with E-state index in [-0.39, 0.29) is 11.8 Å². The molecule has 1 amide bonds. The molecule has 1 heterocycles. The molecule has 1 aliphatic heterocycles. The molecule has 0 aliphatic carbocycles. The van der Waals surface area contributed by atoms with Gasteiger partial charge in [-0.1, -0.05) is 13.8 Å². The SMILES string of the molecule is CC(C)[C@H](NC(=O)CCN1CCOCC1)C(=O)O. The van der Waals surface area contributed by atoms with Crippen molar-refractivity contribution in [2.45, 2.75) is 26.3 Å². The van der Waals surface area contributed by atoms with Gasteiger partial charge in [-0.15, -0.1) is 0 Å². The Morgan fingerprint density at radius 1 is 1.33 bits per heavy atom. The highest BCUT2D eigenvalue weighted by Gasteiger charge is 2.23. The number of hydrogen-bond donors (Lipinski definition) is 2. The number of nitrogens with one attached hydrogen (secondary N) is 1. The summed E-state index contributed by atoms with van der Waals surface area (Å²) in [4.78, 5) is 24.8. The fourth-order valence-corrected chi connectivity index (χ4v) is 1.84. The molecule has 0 bridgehead atoms. The highest BCUT2D eigenvalue weighted by molar-refractivity contribution is 5.83. The first kappa shape index (κ1) is 14.9. The Balaban J connectivity index is 2.29. The number of ether oxygens (including phenoxy) is 1. The number of aliphatic carboxylic acids is 1. The first-order valence-corrected chi connectivity index (χ1v) is 6.33. The Morgan fingerprint density at radius 3 is 2.44 bits per heavy atom. The van der Waals surface area contributed by atoms with Gasteiger partial charge in [0.1, 0.15) is 6.04 Å². The number of morpholine rings is 1. The zero-order valence-electron chi connectivity index (χ0n) is 11.0. The third kappa shape index (κ3) is 5.01. The second kappa shape index (κ2) is 7.33. The standard InChI is InChI=1S/C12H22N2O4/c1-9(2)11(12(16)17)13-10(15)3-4-14-5-7-18-8-6-14/h9,11H,3-8H2,1-2H3,(H,13,15)(H,16,17)/t11-/m0/s1. The van der Waals surface area contributed by atoms with Crippen LogP contribution in [0.1, 0.15) is 20.3 Å². The van der Waals surface area contributed by atoms with Gasteiger partial charge < -0.3 is 15.2 Å². The van der Waals surface area contributed by atoms with E-state index in [1.807, 2.05) is 0 Å². The van der Waals surface area contributed by atoms with Crippen LogP contribution in [0.15, 0.2) is 0 Å². The summed E-state index contributed by atoms with van der Waals surface area (Å²) in [7, 11) is 0. The van der Waals surface area contributed by atoms with E-state index in [2.05, 4.69) is 10.2 Å². The Morgan fingerprint density at radius 2 is 1.94 bits per heavy atom. The van der Waals surface area contributed by atoms with Crippen LogP contribution in [-0.4, -0.2) is 60.8 Å². The number of carbonyl (C=O) groups is 2. The highest BCUT2D eigenvalue weighted by Crippen LogP contribution is 2.03. The number of carboxylic acid groups (broad SMARTS) is 1. The molecule has 0 aromatic rings. The molecule has 2 N–H and O–H groups in total. The van der Waals surface area contributed by atoms with E-state index < -0.39 is 12.0 Å². The van der Waals surface area contributed by atoms with Gasteiger partial charge in [-0.25, -0.2) is 4.79 Å². The van der Waals surface area contributed by atoms with E-state index in [4.69, 9.17) is 9.84 Å². The van der Waals surface area contributed by atoms with Gasteiger partial charge in [-0.3, -0.25) is 9.69 Å². The van der Waals surface area contributed by atoms with Crippen LogP contribution in [-0.2, 0) is 14.3 Å². The Bertz CT molecular complexity index is 288. The molecule has 1 atom stereocenters. The van der Waals surface area contributed by atoms with Gasteiger partial charge in [0.2, 0.25) is 5.91 Å². The monoisotopic (exact) mass is 258 g/mol. The molecule has 1 rings (SSSR count). The molecule has 18 heavy (non-hydrogen) atoms. The van der Waals surface area contributed by atoms with E-state index in [1.165, 1.54) is 0 Å². The lowest BCUT2D eigenvalue weighted by atomic mass is 10.0. The minimum Gasteiger partial charge on any atom is -0.480 e. The predicted octanol–water partition coefficient (Wildman–Crippen LogP) is -0.0659. The number of rotatable bonds is 6. The average molecular weight is 258 g/mol. The van der Waals surface area contributed by atoms with Crippen molar-refractivity contribution in [3.05, 3.63) is 0 Å². The number of amides is 1. The summed E-state index contributed by atoms with van der Waals surface area (Å²) in [6.07, 6.45) is 0.330. The van der Waals surface area contributed by atoms with Crippen LogP contribution >= 0.6 is 0 Å². The molecule has 0 spiro atoms. The molecule has 0 unspecified atom stereocenters. The van der Waals surface area contributed by atoms with Gasteiger partial charge >= 0.3 is 5.97 Å². The van der Waals surface area contributed by atoms with Crippen molar-refractivity contribution in [3.8, 4) is 0 Å². The quantitative estimate of drug-likeness (QED) is 0.697. The molecule has 0 radical (unpaired) electrons. The molecular weight excluding hydrogens is 236 g/mol. The normalized spacial score (nSPS) is 18.6. The fraction of sp³-hybridized carbons (Fsp3) is 0.833. The highest BCUT2D eigenvalue weighted by atomic mass is 16.5. The van der Waals surface area contributed by atoms with Crippen molar-refractivity contribution < 1.29 is 19.4 Å². The molecule has 0 aromatic heterocycles. The van der Waals surface area contributed by atoms with Crippen LogP contribution in [0, 0.1) is 5.92 Å². The van der Waals surface area contributed by atoms with Crippen LogP contribution in [0.25, 0.3) is 0 Å². The van der Waals surface area contributed by atoms with E-state index in [1.54, 1.807) is 13.8 Å². The number of carboxylic acids is 1. The predicted molar refractivity (Wildman–Crippen MR) is 66.3 cm³/mol.